The van der Waals surface area contributed by atoms with E-state index in [4.69, 9.17) is 5.26 Å². The van der Waals surface area contributed by atoms with Crippen molar-refractivity contribution in [1.29, 1.82) is 5.26 Å². The Kier molecular flexibility index (Phi) is 5.60. The molecule has 0 bridgehead atoms. The molecule has 3 nitrogen and oxygen atoms in total. The lowest BCUT2D eigenvalue weighted by Gasteiger charge is -2.25. The Labute approximate surface area is 128 Å². The summed E-state index contributed by atoms with van der Waals surface area (Å²) in [5.74, 6) is 0.305. The number of hydrogen-bond acceptors (Lipinski definition) is 2. The van der Waals surface area contributed by atoms with Crippen LogP contribution in [0.15, 0.2) is 28.7 Å². The zero-order valence-electron chi connectivity index (χ0n) is 11.4. The lowest BCUT2D eigenvalue weighted by atomic mass is 9.87. The molecule has 0 radical (unpaired) electrons. The third-order valence-electron chi connectivity index (χ3n) is 3.83. The average Bonchev–Trinajstić information content (AvgIpc) is 2.47. The van der Waals surface area contributed by atoms with E-state index in [-0.39, 0.29) is 17.9 Å². The zero-order chi connectivity index (χ0) is 14.4. The van der Waals surface area contributed by atoms with Gasteiger partial charge in [-0.2, -0.15) is 5.26 Å². The molecule has 0 unspecified atom stereocenters. The van der Waals surface area contributed by atoms with Crippen LogP contribution in [0.25, 0.3) is 0 Å². The Bertz CT molecular complexity index is 484. The largest absolute Gasteiger partial charge is 0.353 e. The highest BCUT2D eigenvalue weighted by Crippen LogP contribution is 2.23. The Morgan fingerprint density at radius 1 is 1.25 bits per heavy atom. The molecule has 1 saturated carbocycles. The number of carbonyl (C=O) groups excluding carboxylic acids is 1. The van der Waals surface area contributed by atoms with E-state index in [1.807, 2.05) is 24.3 Å². The summed E-state index contributed by atoms with van der Waals surface area (Å²) in [5, 5.41) is 11.9. The molecule has 2 rings (SSSR count). The van der Waals surface area contributed by atoms with Gasteiger partial charge in [0.1, 0.15) is 0 Å². The Morgan fingerprint density at radius 3 is 2.50 bits per heavy atom. The third-order valence-corrected chi connectivity index (χ3v) is 4.36. The molecule has 4 heteroatoms. The van der Waals surface area contributed by atoms with Crippen molar-refractivity contribution in [2.75, 3.05) is 0 Å². The fraction of sp³-hybridized carbons (Fsp3) is 0.500. The molecule has 1 N–H and O–H groups in total. The van der Waals surface area contributed by atoms with E-state index in [2.05, 4.69) is 27.3 Å². The number of amides is 1. The van der Waals surface area contributed by atoms with E-state index < -0.39 is 0 Å². The summed E-state index contributed by atoms with van der Waals surface area (Å²) in [6, 6.07) is 10.6. The second-order valence-electron chi connectivity index (χ2n) is 5.37. The van der Waals surface area contributed by atoms with E-state index in [0.29, 0.717) is 6.42 Å². The predicted octanol–water partition coefficient (Wildman–Crippen LogP) is 3.58. The molecular weight excluding hydrogens is 316 g/mol. The van der Waals surface area contributed by atoms with Crippen molar-refractivity contribution in [3.8, 4) is 6.07 Å². The van der Waals surface area contributed by atoms with E-state index in [1.54, 1.807) is 0 Å². The van der Waals surface area contributed by atoms with Gasteiger partial charge in [0.15, 0.2) is 0 Å². The standard InChI is InChI=1S/C16H19BrN2O/c17-14-6-1-12(2-7-14)5-10-16(20)19-15-8-3-13(11-18)4-9-15/h1-2,6-7,13,15H,3-5,8-10H2,(H,19,20). The molecule has 0 atom stereocenters. The summed E-state index contributed by atoms with van der Waals surface area (Å²) < 4.78 is 1.06. The van der Waals surface area contributed by atoms with E-state index in [1.165, 1.54) is 5.56 Å². The average molecular weight is 335 g/mol. The SMILES string of the molecule is N#CC1CCC(NC(=O)CCc2ccc(Br)cc2)CC1. The van der Waals surface area contributed by atoms with Crippen molar-refractivity contribution in [3.05, 3.63) is 34.3 Å². The monoisotopic (exact) mass is 334 g/mol. The van der Waals surface area contributed by atoms with Crippen molar-refractivity contribution in [1.82, 2.24) is 5.32 Å². The summed E-state index contributed by atoms with van der Waals surface area (Å²) in [7, 11) is 0. The van der Waals surface area contributed by atoms with Crippen LogP contribution in [-0.2, 0) is 11.2 Å². The minimum atomic E-state index is 0.119. The molecule has 0 heterocycles. The van der Waals surface area contributed by atoms with Gasteiger partial charge < -0.3 is 5.32 Å². The van der Waals surface area contributed by atoms with Gasteiger partial charge in [0, 0.05) is 22.9 Å². The predicted molar refractivity (Wildman–Crippen MR) is 82.0 cm³/mol. The van der Waals surface area contributed by atoms with Gasteiger partial charge in [0.25, 0.3) is 0 Å². The van der Waals surface area contributed by atoms with Gasteiger partial charge in [0.2, 0.25) is 5.91 Å². The molecule has 1 fully saturated rings. The van der Waals surface area contributed by atoms with Crippen LogP contribution in [0.3, 0.4) is 0 Å². The van der Waals surface area contributed by atoms with Crippen LogP contribution in [0.2, 0.25) is 0 Å². The van der Waals surface area contributed by atoms with Gasteiger partial charge in [-0.15, -0.1) is 0 Å². The first kappa shape index (κ1) is 15.1. The highest BCUT2D eigenvalue weighted by molar-refractivity contribution is 9.10. The number of nitriles is 1. The second kappa shape index (κ2) is 7.44. The van der Waals surface area contributed by atoms with Crippen LogP contribution in [0.1, 0.15) is 37.7 Å². The summed E-state index contributed by atoms with van der Waals surface area (Å²) in [6.45, 7) is 0. The summed E-state index contributed by atoms with van der Waals surface area (Å²) >= 11 is 3.40. The topological polar surface area (TPSA) is 52.9 Å². The summed E-state index contributed by atoms with van der Waals surface area (Å²) in [6.07, 6.45) is 4.99. The summed E-state index contributed by atoms with van der Waals surface area (Å²) in [5.41, 5.74) is 1.18. The molecule has 0 aromatic heterocycles. The smallest absolute Gasteiger partial charge is 0.220 e. The van der Waals surface area contributed by atoms with E-state index in [0.717, 1.165) is 36.6 Å². The van der Waals surface area contributed by atoms with Gasteiger partial charge >= 0.3 is 0 Å². The van der Waals surface area contributed by atoms with Crippen LogP contribution < -0.4 is 5.32 Å². The first-order valence-corrected chi connectivity index (χ1v) is 7.90. The molecule has 0 aliphatic heterocycles. The number of nitrogens with one attached hydrogen (secondary N) is 1. The first-order valence-electron chi connectivity index (χ1n) is 7.11. The van der Waals surface area contributed by atoms with Gasteiger partial charge in [-0.1, -0.05) is 28.1 Å². The molecule has 1 amide bonds. The van der Waals surface area contributed by atoms with E-state index in [9.17, 15) is 4.79 Å². The maximum absolute atomic E-state index is 11.9. The fourth-order valence-electron chi connectivity index (χ4n) is 2.58. The van der Waals surface area contributed by atoms with Crippen molar-refractivity contribution in [2.24, 2.45) is 5.92 Å². The molecular formula is C16H19BrN2O. The number of rotatable bonds is 4. The van der Waals surface area contributed by atoms with Crippen LogP contribution in [0.4, 0.5) is 0 Å². The maximum atomic E-state index is 11.9. The molecule has 0 spiro atoms. The molecule has 1 aliphatic carbocycles. The number of hydrogen-bond donors (Lipinski definition) is 1. The van der Waals surface area contributed by atoms with Gasteiger partial charge in [-0.3, -0.25) is 4.79 Å². The minimum Gasteiger partial charge on any atom is -0.353 e. The third kappa shape index (κ3) is 4.64. The van der Waals surface area contributed by atoms with Gasteiger partial charge in [-0.25, -0.2) is 0 Å². The van der Waals surface area contributed by atoms with Crippen molar-refractivity contribution < 1.29 is 4.79 Å². The van der Waals surface area contributed by atoms with Crippen molar-refractivity contribution in [3.63, 3.8) is 0 Å². The van der Waals surface area contributed by atoms with Crippen LogP contribution >= 0.6 is 15.9 Å². The Hall–Kier alpha value is -1.34. The zero-order valence-corrected chi connectivity index (χ0v) is 13.0. The maximum Gasteiger partial charge on any atom is 0.220 e. The quantitative estimate of drug-likeness (QED) is 0.914. The molecule has 1 aromatic rings. The highest BCUT2D eigenvalue weighted by atomic mass is 79.9. The molecule has 0 saturated heterocycles. The summed E-state index contributed by atoms with van der Waals surface area (Å²) in [4.78, 5) is 11.9. The van der Waals surface area contributed by atoms with Crippen molar-refractivity contribution in [2.45, 2.75) is 44.6 Å². The highest BCUT2D eigenvalue weighted by Gasteiger charge is 2.21. The fourth-order valence-corrected chi connectivity index (χ4v) is 2.84. The lowest BCUT2D eigenvalue weighted by molar-refractivity contribution is -0.122. The van der Waals surface area contributed by atoms with Crippen LogP contribution in [-0.4, -0.2) is 11.9 Å². The van der Waals surface area contributed by atoms with Crippen molar-refractivity contribution >= 4 is 21.8 Å². The number of benzene rings is 1. The number of carbonyl (C=O) groups is 1. The lowest BCUT2D eigenvalue weighted by Crippen LogP contribution is -2.37. The normalized spacial score (nSPS) is 22.0. The minimum absolute atomic E-state index is 0.119. The van der Waals surface area contributed by atoms with E-state index >= 15 is 0 Å². The van der Waals surface area contributed by atoms with Crippen LogP contribution in [0.5, 0.6) is 0 Å². The number of nitrogens with zero attached hydrogens (tertiary/aromatic N) is 1. The molecule has 1 aromatic carbocycles. The van der Waals surface area contributed by atoms with Crippen LogP contribution in [0, 0.1) is 17.2 Å². The number of halogens is 1. The molecule has 106 valence electrons. The molecule has 1 aliphatic rings. The van der Waals surface area contributed by atoms with Gasteiger partial charge in [-0.05, 0) is 49.8 Å². The molecule has 20 heavy (non-hydrogen) atoms. The number of aryl methyl sites for hydroxylation is 1. The van der Waals surface area contributed by atoms with Gasteiger partial charge in [0.05, 0.1) is 6.07 Å². The Morgan fingerprint density at radius 2 is 1.90 bits per heavy atom. The first-order chi connectivity index (χ1) is 9.67. The second-order valence-corrected chi connectivity index (χ2v) is 6.29. The Balaban J connectivity index is 1.71.